The molecule has 1 heterocycles. The van der Waals surface area contributed by atoms with Crippen molar-refractivity contribution in [1.29, 1.82) is 0 Å². The summed E-state index contributed by atoms with van der Waals surface area (Å²) < 4.78 is 63.5. The number of hydrogen-bond donors (Lipinski definition) is 0. The minimum Gasteiger partial charge on any atom is -0.381 e. The van der Waals surface area contributed by atoms with Crippen LogP contribution in [0.4, 0.5) is 13.2 Å². The van der Waals surface area contributed by atoms with Gasteiger partial charge in [-0.1, -0.05) is 6.92 Å². The Morgan fingerprint density at radius 1 is 1.25 bits per heavy atom. The molecule has 118 valence electrons. The molecule has 0 unspecified atom stereocenters. The van der Waals surface area contributed by atoms with E-state index in [1.54, 1.807) is 6.92 Å². The van der Waals surface area contributed by atoms with E-state index in [2.05, 4.69) is 9.08 Å². The van der Waals surface area contributed by atoms with Gasteiger partial charge in [-0.2, -0.15) is 21.6 Å². The van der Waals surface area contributed by atoms with Gasteiger partial charge in [0.05, 0.1) is 0 Å². The van der Waals surface area contributed by atoms with Crippen LogP contribution in [0.5, 0.6) is 0 Å². The van der Waals surface area contributed by atoms with Gasteiger partial charge in [0, 0.05) is 25.0 Å². The first-order chi connectivity index (χ1) is 8.88. The SMILES string of the molecule is CCC1=C(OS(=O)(=O)C(F)(F)F)CCN(C(C)(C)C)C1. The first-order valence-electron chi connectivity index (χ1n) is 6.35. The number of rotatable bonds is 3. The molecular formula is C12H20F3NO3S. The van der Waals surface area contributed by atoms with E-state index < -0.39 is 15.6 Å². The molecular weight excluding hydrogens is 295 g/mol. The summed E-state index contributed by atoms with van der Waals surface area (Å²) in [5.41, 5.74) is -4.92. The smallest absolute Gasteiger partial charge is 0.381 e. The van der Waals surface area contributed by atoms with Gasteiger partial charge in [-0.05, 0) is 32.8 Å². The number of hydrogen-bond acceptors (Lipinski definition) is 4. The minimum atomic E-state index is -5.57. The topological polar surface area (TPSA) is 46.6 Å². The van der Waals surface area contributed by atoms with Gasteiger partial charge in [0.1, 0.15) is 5.76 Å². The van der Waals surface area contributed by atoms with Crippen molar-refractivity contribution in [2.75, 3.05) is 13.1 Å². The fourth-order valence-corrected chi connectivity index (χ4v) is 2.53. The van der Waals surface area contributed by atoms with Crippen LogP contribution >= 0.6 is 0 Å². The van der Waals surface area contributed by atoms with Gasteiger partial charge in [-0.3, -0.25) is 4.90 Å². The second-order valence-electron chi connectivity index (χ2n) is 5.71. The van der Waals surface area contributed by atoms with Crippen LogP contribution in [-0.2, 0) is 14.3 Å². The molecule has 20 heavy (non-hydrogen) atoms. The average molecular weight is 315 g/mol. The fraction of sp³-hybridized carbons (Fsp3) is 0.833. The summed E-state index contributed by atoms with van der Waals surface area (Å²) in [7, 11) is -5.57. The van der Waals surface area contributed by atoms with E-state index in [1.807, 2.05) is 20.8 Å². The highest BCUT2D eigenvalue weighted by molar-refractivity contribution is 7.87. The molecule has 0 bridgehead atoms. The lowest BCUT2D eigenvalue weighted by Crippen LogP contribution is -2.45. The van der Waals surface area contributed by atoms with Crippen LogP contribution < -0.4 is 0 Å². The van der Waals surface area contributed by atoms with Gasteiger partial charge in [0.25, 0.3) is 0 Å². The van der Waals surface area contributed by atoms with Crippen LogP contribution in [0, 0.1) is 0 Å². The van der Waals surface area contributed by atoms with Crippen molar-refractivity contribution in [2.45, 2.75) is 51.6 Å². The molecule has 0 aromatic rings. The predicted molar refractivity (Wildman–Crippen MR) is 69.3 cm³/mol. The Hall–Kier alpha value is -0.760. The van der Waals surface area contributed by atoms with Crippen molar-refractivity contribution in [3.63, 3.8) is 0 Å². The molecule has 0 amide bonds. The maximum Gasteiger partial charge on any atom is 0.534 e. The van der Waals surface area contributed by atoms with Crippen LogP contribution in [-0.4, -0.2) is 37.5 Å². The van der Waals surface area contributed by atoms with Crippen molar-refractivity contribution >= 4 is 10.1 Å². The second kappa shape index (κ2) is 5.55. The summed E-state index contributed by atoms with van der Waals surface area (Å²) in [6.07, 6.45) is 0.616. The molecule has 0 spiro atoms. The van der Waals surface area contributed by atoms with Gasteiger partial charge in [0.2, 0.25) is 0 Å². The second-order valence-corrected chi connectivity index (χ2v) is 7.24. The van der Waals surface area contributed by atoms with E-state index >= 15 is 0 Å². The summed E-state index contributed by atoms with van der Waals surface area (Å²) >= 11 is 0. The van der Waals surface area contributed by atoms with Crippen LogP contribution in [0.2, 0.25) is 0 Å². The van der Waals surface area contributed by atoms with E-state index in [4.69, 9.17) is 0 Å². The normalized spacial score (nSPS) is 19.4. The molecule has 4 nitrogen and oxygen atoms in total. The molecule has 1 rings (SSSR count). The molecule has 0 saturated carbocycles. The summed E-state index contributed by atoms with van der Waals surface area (Å²) in [5.74, 6) is -0.0645. The van der Waals surface area contributed by atoms with Crippen molar-refractivity contribution in [2.24, 2.45) is 0 Å². The largest absolute Gasteiger partial charge is 0.534 e. The lowest BCUT2D eigenvalue weighted by molar-refractivity contribution is -0.0527. The minimum absolute atomic E-state index is 0.0645. The maximum atomic E-state index is 12.3. The van der Waals surface area contributed by atoms with Gasteiger partial charge in [0.15, 0.2) is 0 Å². The van der Waals surface area contributed by atoms with Crippen molar-refractivity contribution in [3.8, 4) is 0 Å². The predicted octanol–water partition coefficient (Wildman–Crippen LogP) is 3.02. The summed E-state index contributed by atoms with van der Waals surface area (Å²) in [6, 6.07) is 0. The molecule has 0 atom stereocenters. The maximum absolute atomic E-state index is 12.3. The monoisotopic (exact) mass is 315 g/mol. The first-order valence-corrected chi connectivity index (χ1v) is 7.76. The quantitative estimate of drug-likeness (QED) is 0.593. The van der Waals surface area contributed by atoms with E-state index in [9.17, 15) is 21.6 Å². The molecule has 0 aromatic carbocycles. The zero-order valence-corrected chi connectivity index (χ0v) is 12.9. The Morgan fingerprint density at radius 3 is 2.20 bits per heavy atom. The van der Waals surface area contributed by atoms with Crippen LogP contribution in [0.1, 0.15) is 40.5 Å². The third-order valence-corrected chi connectivity index (χ3v) is 4.24. The zero-order valence-electron chi connectivity index (χ0n) is 12.0. The molecule has 0 fully saturated rings. The molecule has 0 radical (unpaired) electrons. The number of nitrogens with zero attached hydrogens (tertiary/aromatic N) is 1. The van der Waals surface area contributed by atoms with Gasteiger partial charge in [-0.15, -0.1) is 0 Å². The highest BCUT2D eigenvalue weighted by atomic mass is 32.2. The molecule has 0 aliphatic carbocycles. The number of alkyl halides is 3. The van der Waals surface area contributed by atoms with E-state index in [1.165, 1.54) is 0 Å². The van der Waals surface area contributed by atoms with Gasteiger partial charge >= 0.3 is 15.6 Å². The third kappa shape index (κ3) is 3.88. The molecule has 0 saturated heterocycles. The lowest BCUT2D eigenvalue weighted by atomic mass is 9.98. The fourth-order valence-electron chi connectivity index (χ4n) is 1.97. The molecule has 8 heteroatoms. The third-order valence-electron chi connectivity index (χ3n) is 3.25. The Labute approximate surface area is 117 Å². The number of halogens is 3. The summed E-state index contributed by atoms with van der Waals surface area (Å²) in [4.78, 5) is 2.08. The molecule has 0 aromatic heterocycles. The zero-order chi connectivity index (χ0) is 15.8. The van der Waals surface area contributed by atoms with Crippen LogP contribution in [0.25, 0.3) is 0 Å². The van der Waals surface area contributed by atoms with Crippen LogP contribution in [0.3, 0.4) is 0 Å². The molecule has 0 N–H and O–H groups in total. The van der Waals surface area contributed by atoms with Crippen LogP contribution in [0.15, 0.2) is 11.3 Å². The highest BCUT2D eigenvalue weighted by Gasteiger charge is 2.49. The van der Waals surface area contributed by atoms with Gasteiger partial charge in [-0.25, -0.2) is 0 Å². The average Bonchev–Trinajstić information content (AvgIpc) is 2.26. The highest BCUT2D eigenvalue weighted by Crippen LogP contribution is 2.32. The van der Waals surface area contributed by atoms with Crippen molar-refractivity contribution < 1.29 is 25.8 Å². The summed E-state index contributed by atoms with van der Waals surface area (Å²) in [5, 5.41) is 0. The van der Waals surface area contributed by atoms with E-state index in [-0.39, 0.29) is 17.7 Å². The molecule has 1 aliphatic heterocycles. The Bertz CT molecular complexity index is 489. The summed E-state index contributed by atoms with van der Waals surface area (Å²) in [6.45, 7) is 8.65. The Kier molecular flexibility index (Phi) is 4.80. The Morgan fingerprint density at radius 2 is 1.80 bits per heavy atom. The van der Waals surface area contributed by atoms with Crippen molar-refractivity contribution in [1.82, 2.24) is 4.90 Å². The standard InChI is InChI=1S/C12H20F3NO3S/c1-5-9-8-16(11(2,3)4)7-6-10(9)19-20(17,18)12(13,14)15/h5-8H2,1-4H3. The Balaban J connectivity index is 2.98. The first kappa shape index (κ1) is 17.3. The van der Waals surface area contributed by atoms with E-state index in [0.29, 0.717) is 25.1 Å². The lowest BCUT2D eigenvalue weighted by Gasteiger charge is -2.39. The molecule has 1 aliphatic rings. The van der Waals surface area contributed by atoms with Gasteiger partial charge < -0.3 is 4.18 Å². The van der Waals surface area contributed by atoms with Crippen molar-refractivity contribution in [3.05, 3.63) is 11.3 Å². The van der Waals surface area contributed by atoms with E-state index in [0.717, 1.165) is 0 Å².